The van der Waals surface area contributed by atoms with E-state index in [1.54, 1.807) is 59.5 Å². The third-order valence-electron chi connectivity index (χ3n) is 7.52. The number of hydrogen-bond donors (Lipinski definition) is 2. The first-order valence-electron chi connectivity index (χ1n) is 13.1. The number of aliphatic carboxylic acids is 1. The summed E-state index contributed by atoms with van der Waals surface area (Å²) in [7, 11) is 0. The number of carboxylic acids is 1. The number of amides is 2. The van der Waals surface area contributed by atoms with Crippen molar-refractivity contribution >= 4 is 29.2 Å². The molecule has 1 aliphatic heterocycles. The molecule has 2 heterocycles. The summed E-state index contributed by atoms with van der Waals surface area (Å²) in [5, 5.41) is 11.9. The van der Waals surface area contributed by atoms with Crippen LogP contribution in [0, 0.1) is 11.8 Å². The Morgan fingerprint density at radius 1 is 0.900 bits per heavy atom. The van der Waals surface area contributed by atoms with Crippen molar-refractivity contribution in [2.75, 3.05) is 36.4 Å². The van der Waals surface area contributed by atoms with Crippen molar-refractivity contribution in [3.63, 3.8) is 0 Å². The summed E-state index contributed by atoms with van der Waals surface area (Å²) < 4.78 is 45.9. The third-order valence-corrected chi connectivity index (χ3v) is 7.52. The molecule has 2 atom stereocenters. The van der Waals surface area contributed by atoms with Gasteiger partial charge in [0.15, 0.2) is 0 Å². The number of nitrogens with one attached hydrogen (secondary N) is 1. The summed E-state index contributed by atoms with van der Waals surface area (Å²) in [5.41, 5.74) is 0.964. The highest BCUT2D eigenvalue weighted by atomic mass is 19.4. The van der Waals surface area contributed by atoms with Crippen molar-refractivity contribution in [3.05, 3.63) is 72.0 Å². The minimum atomic E-state index is -4.85. The molecule has 40 heavy (non-hydrogen) atoms. The zero-order chi connectivity index (χ0) is 28.4. The minimum Gasteiger partial charge on any atom is -0.481 e. The molecule has 2 fully saturated rings. The molecule has 1 saturated heterocycles. The molecule has 8 nitrogen and oxygen atoms in total. The molecule has 2 aromatic carbocycles. The van der Waals surface area contributed by atoms with Crippen LogP contribution in [0.15, 0.2) is 65.1 Å². The average Bonchev–Trinajstić information content (AvgIpc) is 3.62. The van der Waals surface area contributed by atoms with Crippen LogP contribution in [-0.2, 0) is 15.8 Å². The SMILES string of the molecule is O=C(Nc1ccc(N2CCN(C(=O)C3CCC[C@H]3C(=O)O)CC2)cc1)c1cc(-c2ccccc2)oc1C(F)(F)F. The van der Waals surface area contributed by atoms with E-state index in [1.807, 2.05) is 0 Å². The number of piperazine rings is 1. The number of rotatable bonds is 6. The van der Waals surface area contributed by atoms with Gasteiger partial charge in [0.25, 0.3) is 5.91 Å². The maximum Gasteiger partial charge on any atom is 0.450 e. The Kier molecular flexibility index (Phi) is 7.55. The number of halogens is 3. The number of carboxylic acid groups (broad SMARTS) is 1. The standard InChI is InChI=1S/C29H28F3N3O5/c30-29(31,32)25-23(17-24(40-25)18-5-2-1-3-6-18)26(36)33-19-9-11-20(12-10-19)34-13-15-35(16-14-34)27(37)21-7-4-8-22(21)28(38)39/h1-3,5-6,9-12,17,21-22H,4,7-8,13-16H2,(H,33,36)(H,38,39)/t21?,22-/m1/s1. The van der Waals surface area contributed by atoms with E-state index in [2.05, 4.69) is 10.2 Å². The Hall–Kier alpha value is -4.28. The Balaban J connectivity index is 1.22. The second-order valence-electron chi connectivity index (χ2n) is 10.0. The van der Waals surface area contributed by atoms with Gasteiger partial charge < -0.3 is 24.6 Å². The predicted molar refractivity (Wildman–Crippen MR) is 141 cm³/mol. The number of benzene rings is 2. The van der Waals surface area contributed by atoms with E-state index in [0.29, 0.717) is 50.3 Å². The van der Waals surface area contributed by atoms with Gasteiger partial charge in [-0.25, -0.2) is 0 Å². The van der Waals surface area contributed by atoms with Crippen LogP contribution >= 0.6 is 0 Å². The average molecular weight is 556 g/mol. The summed E-state index contributed by atoms with van der Waals surface area (Å²) in [6.07, 6.45) is -2.98. The highest BCUT2D eigenvalue weighted by Crippen LogP contribution is 2.38. The third kappa shape index (κ3) is 5.68. The van der Waals surface area contributed by atoms with Gasteiger partial charge in [0.1, 0.15) is 5.76 Å². The molecular weight excluding hydrogens is 527 g/mol. The van der Waals surface area contributed by atoms with Gasteiger partial charge in [-0.2, -0.15) is 13.2 Å². The summed E-state index contributed by atoms with van der Waals surface area (Å²) >= 11 is 0. The first-order chi connectivity index (χ1) is 19.1. The maximum atomic E-state index is 13.6. The molecule has 210 valence electrons. The number of nitrogens with zero attached hydrogens (tertiary/aromatic N) is 2. The largest absolute Gasteiger partial charge is 0.481 e. The van der Waals surface area contributed by atoms with Crippen LogP contribution in [0.1, 0.15) is 35.4 Å². The molecule has 11 heteroatoms. The second-order valence-corrected chi connectivity index (χ2v) is 10.0. The Labute approximate surface area is 228 Å². The van der Waals surface area contributed by atoms with Crippen LogP contribution in [0.25, 0.3) is 11.3 Å². The lowest BCUT2D eigenvalue weighted by Gasteiger charge is -2.37. The van der Waals surface area contributed by atoms with E-state index in [0.717, 1.165) is 18.2 Å². The van der Waals surface area contributed by atoms with Gasteiger partial charge in [-0.1, -0.05) is 36.8 Å². The Morgan fingerprint density at radius 2 is 1.55 bits per heavy atom. The van der Waals surface area contributed by atoms with Crippen LogP contribution in [-0.4, -0.2) is 54.0 Å². The van der Waals surface area contributed by atoms with Crippen molar-refractivity contribution in [1.82, 2.24) is 4.90 Å². The quantitative estimate of drug-likeness (QED) is 0.424. The van der Waals surface area contributed by atoms with Crippen molar-refractivity contribution in [3.8, 4) is 11.3 Å². The zero-order valence-corrected chi connectivity index (χ0v) is 21.5. The van der Waals surface area contributed by atoms with E-state index >= 15 is 0 Å². The van der Waals surface area contributed by atoms with E-state index in [1.165, 1.54) is 0 Å². The van der Waals surface area contributed by atoms with Crippen molar-refractivity contribution in [2.24, 2.45) is 11.8 Å². The van der Waals surface area contributed by atoms with Crippen molar-refractivity contribution in [1.29, 1.82) is 0 Å². The van der Waals surface area contributed by atoms with Gasteiger partial charge in [0.2, 0.25) is 11.7 Å². The molecule has 2 amide bonds. The maximum absolute atomic E-state index is 13.6. The fraction of sp³-hybridized carbons (Fsp3) is 0.345. The number of furan rings is 1. The molecule has 0 radical (unpaired) electrons. The topological polar surface area (TPSA) is 103 Å². The van der Waals surface area contributed by atoms with Crippen molar-refractivity contribution in [2.45, 2.75) is 25.4 Å². The first-order valence-corrected chi connectivity index (χ1v) is 13.1. The van der Waals surface area contributed by atoms with E-state index < -0.39 is 41.2 Å². The lowest BCUT2D eigenvalue weighted by molar-refractivity contribution is -0.153. The molecular formula is C29H28F3N3O5. The van der Waals surface area contributed by atoms with Crippen LogP contribution in [0.4, 0.5) is 24.5 Å². The highest BCUT2D eigenvalue weighted by molar-refractivity contribution is 6.05. The number of alkyl halides is 3. The molecule has 0 bridgehead atoms. The van der Waals surface area contributed by atoms with Crippen LogP contribution in [0.3, 0.4) is 0 Å². The summed E-state index contributed by atoms with van der Waals surface area (Å²) in [6, 6.07) is 16.0. The molecule has 1 saturated carbocycles. The van der Waals surface area contributed by atoms with Crippen LogP contribution in [0.5, 0.6) is 0 Å². The van der Waals surface area contributed by atoms with E-state index in [-0.39, 0.29) is 11.7 Å². The number of hydrogen-bond acceptors (Lipinski definition) is 5. The van der Waals surface area contributed by atoms with Crippen LogP contribution in [0.2, 0.25) is 0 Å². The lowest BCUT2D eigenvalue weighted by Crippen LogP contribution is -2.51. The molecule has 2 N–H and O–H groups in total. The van der Waals surface area contributed by atoms with Gasteiger partial charge in [-0.05, 0) is 43.2 Å². The van der Waals surface area contributed by atoms with Gasteiger partial charge >= 0.3 is 12.1 Å². The first kappa shape index (κ1) is 27.3. The fourth-order valence-electron chi connectivity index (χ4n) is 5.44. The number of carbonyl (C=O) groups is 3. The lowest BCUT2D eigenvalue weighted by atomic mass is 9.94. The second kappa shape index (κ2) is 11.1. The summed E-state index contributed by atoms with van der Waals surface area (Å²) in [4.78, 5) is 41.0. The summed E-state index contributed by atoms with van der Waals surface area (Å²) in [5.74, 6) is -4.46. The van der Waals surface area contributed by atoms with Gasteiger partial charge in [0.05, 0.1) is 17.4 Å². The van der Waals surface area contributed by atoms with E-state index in [9.17, 15) is 32.7 Å². The van der Waals surface area contributed by atoms with Gasteiger partial charge in [-0.3, -0.25) is 14.4 Å². The molecule has 1 unspecified atom stereocenters. The van der Waals surface area contributed by atoms with Crippen molar-refractivity contribution < 1.29 is 37.1 Å². The summed E-state index contributed by atoms with van der Waals surface area (Å²) in [6.45, 7) is 2.03. The smallest absolute Gasteiger partial charge is 0.450 e. The Bertz CT molecular complexity index is 1380. The molecule has 2 aliphatic rings. The molecule has 5 rings (SSSR count). The molecule has 0 spiro atoms. The molecule has 3 aromatic rings. The fourth-order valence-corrected chi connectivity index (χ4v) is 5.44. The Morgan fingerprint density at radius 3 is 2.17 bits per heavy atom. The minimum absolute atomic E-state index is 0.0579. The molecule has 1 aromatic heterocycles. The zero-order valence-electron chi connectivity index (χ0n) is 21.5. The molecule has 1 aliphatic carbocycles. The number of anilines is 2. The van der Waals surface area contributed by atoms with Crippen LogP contribution < -0.4 is 10.2 Å². The monoisotopic (exact) mass is 555 g/mol. The number of carbonyl (C=O) groups excluding carboxylic acids is 2. The van der Waals surface area contributed by atoms with Gasteiger partial charge in [0, 0.05) is 43.1 Å². The predicted octanol–water partition coefficient (Wildman–Crippen LogP) is 5.37. The normalized spacial score (nSPS) is 19.5. The van der Waals surface area contributed by atoms with Gasteiger partial charge in [-0.15, -0.1) is 0 Å². The highest BCUT2D eigenvalue weighted by Gasteiger charge is 2.41. The van der Waals surface area contributed by atoms with E-state index in [4.69, 9.17) is 4.42 Å².